The fraction of sp³-hybridized carbons (Fsp3) is 0.875. The van der Waals surface area contributed by atoms with E-state index in [9.17, 15) is 4.79 Å². The molecule has 0 radical (unpaired) electrons. The lowest BCUT2D eigenvalue weighted by molar-refractivity contribution is -0.152. The first-order valence-corrected chi connectivity index (χ1v) is 4.18. The molecule has 0 aromatic rings. The first kappa shape index (κ1) is 7.10. The molecule has 0 aromatic heterocycles. The highest BCUT2D eigenvalue weighted by molar-refractivity contribution is 5.80. The fourth-order valence-corrected chi connectivity index (χ4v) is 1.98. The molecule has 2 fully saturated rings. The van der Waals surface area contributed by atoms with Gasteiger partial charge in [0.05, 0.1) is 5.41 Å². The van der Waals surface area contributed by atoms with Gasteiger partial charge < -0.3 is 10.5 Å². The monoisotopic (exact) mass is 155 g/mol. The number of nitrogens with two attached hydrogens (primary N) is 1. The highest BCUT2D eigenvalue weighted by Gasteiger charge is 2.52. The highest BCUT2D eigenvalue weighted by atomic mass is 16.6. The largest absolute Gasteiger partial charge is 0.461 e. The van der Waals surface area contributed by atoms with E-state index < -0.39 is 0 Å². The Morgan fingerprint density at radius 3 is 2.64 bits per heavy atom. The quantitative estimate of drug-likeness (QED) is 0.559. The van der Waals surface area contributed by atoms with Crippen LogP contribution in [0.4, 0.5) is 0 Å². The molecule has 0 amide bonds. The molecule has 11 heavy (non-hydrogen) atoms. The molecule has 3 heteroatoms. The van der Waals surface area contributed by atoms with Crippen LogP contribution in [0, 0.1) is 5.41 Å². The van der Waals surface area contributed by atoms with Gasteiger partial charge in [-0.3, -0.25) is 4.79 Å². The van der Waals surface area contributed by atoms with Crippen molar-refractivity contribution >= 4 is 5.97 Å². The third-order valence-electron chi connectivity index (χ3n) is 2.90. The Morgan fingerprint density at radius 2 is 2.36 bits per heavy atom. The lowest BCUT2D eigenvalue weighted by Gasteiger charge is -2.33. The van der Waals surface area contributed by atoms with Gasteiger partial charge in [-0.25, -0.2) is 0 Å². The van der Waals surface area contributed by atoms with Crippen molar-refractivity contribution in [3.63, 3.8) is 0 Å². The molecule has 1 aliphatic heterocycles. The first-order chi connectivity index (χ1) is 5.27. The van der Waals surface area contributed by atoms with Crippen molar-refractivity contribution in [2.45, 2.75) is 31.8 Å². The van der Waals surface area contributed by atoms with Crippen LogP contribution < -0.4 is 5.73 Å². The summed E-state index contributed by atoms with van der Waals surface area (Å²) in [4.78, 5) is 11.3. The van der Waals surface area contributed by atoms with Crippen molar-refractivity contribution in [2.75, 3.05) is 6.54 Å². The Bertz CT molecular complexity index is 187. The van der Waals surface area contributed by atoms with Crippen molar-refractivity contribution < 1.29 is 9.53 Å². The van der Waals surface area contributed by atoms with Crippen LogP contribution in [0.5, 0.6) is 0 Å². The van der Waals surface area contributed by atoms with Crippen LogP contribution in [0.15, 0.2) is 0 Å². The van der Waals surface area contributed by atoms with Crippen LogP contribution in [0.1, 0.15) is 25.7 Å². The van der Waals surface area contributed by atoms with Gasteiger partial charge in [-0.15, -0.1) is 0 Å². The normalized spacial score (nSPS) is 33.5. The van der Waals surface area contributed by atoms with Gasteiger partial charge in [0.2, 0.25) is 0 Å². The van der Waals surface area contributed by atoms with E-state index in [0.29, 0.717) is 6.54 Å². The van der Waals surface area contributed by atoms with Crippen molar-refractivity contribution in [3.8, 4) is 0 Å². The average Bonchev–Trinajstić information content (AvgIpc) is 2.25. The molecule has 1 heterocycles. The van der Waals surface area contributed by atoms with E-state index >= 15 is 0 Å². The number of hydrogen-bond donors (Lipinski definition) is 1. The zero-order valence-electron chi connectivity index (χ0n) is 6.51. The minimum Gasteiger partial charge on any atom is -0.461 e. The molecule has 1 atom stereocenters. The second-order valence-corrected chi connectivity index (χ2v) is 3.60. The number of esters is 1. The molecule has 1 spiro atoms. The summed E-state index contributed by atoms with van der Waals surface area (Å²) in [5.74, 6) is -0.000741. The zero-order chi connectivity index (χ0) is 7.90. The van der Waals surface area contributed by atoms with Gasteiger partial charge in [-0.05, 0) is 12.8 Å². The highest BCUT2D eigenvalue weighted by Crippen LogP contribution is 2.49. The molecule has 3 nitrogen and oxygen atoms in total. The molecular weight excluding hydrogens is 142 g/mol. The van der Waals surface area contributed by atoms with Crippen molar-refractivity contribution in [2.24, 2.45) is 11.1 Å². The van der Waals surface area contributed by atoms with E-state index in [-0.39, 0.29) is 17.5 Å². The second kappa shape index (κ2) is 2.21. The fourth-order valence-electron chi connectivity index (χ4n) is 1.98. The molecule has 2 rings (SSSR count). The van der Waals surface area contributed by atoms with E-state index in [2.05, 4.69) is 0 Å². The summed E-state index contributed by atoms with van der Waals surface area (Å²) < 4.78 is 5.10. The molecule has 0 aromatic carbocycles. The summed E-state index contributed by atoms with van der Waals surface area (Å²) in [6.45, 7) is 0.480. The molecule has 1 saturated carbocycles. The zero-order valence-corrected chi connectivity index (χ0v) is 6.51. The minimum absolute atomic E-state index is 0.000741. The van der Waals surface area contributed by atoms with Gasteiger partial charge in [0.15, 0.2) is 0 Å². The van der Waals surface area contributed by atoms with Gasteiger partial charge in [0.1, 0.15) is 6.10 Å². The Hall–Kier alpha value is -0.570. The minimum atomic E-state index is -0.0932. The van der Waals surface area contributed by atoms with Crippen LogP contribution in [0.3, 0.4) is 0 Å². The summed E-state index contributed by atoms with van der Waals surface area (Å²) in [6, 6.07) is 0. The molecule has 62 valence electrons. The maximum Gasteiger partial charge on any atom is 0.312 e. The van der Waals surface area contributed by atoms with Crippen LogP contribution >= 0.6 is 0 Å². The number of rotatable bonds is 1. The molecule has 2 aliphatic rings. The van der Waals surface area contributed by atoms with Gasteiger partial charge in [-0.1, -0.05) is 6.42 Å². The predicted molar refractivity (Wildman–Crippen MR) is 39.8 cm³/mol. The van der Waals surface area contributed by atoms with Gasteiger partial charge in [0, 0.05) is 13.0 Å². The molecular formula is C8H13NO2. The summed E-state index contributed by atoms with van der Waals surface area (Å²) in [5.41, 5.74) is 5.33. The van der Waals surface area contributed by atoms with E-state index in [0.717, 1.165) is 19.3 Å². The van der Waals surface area contributed by atoms with E-state index in [1.165, 1.54) is 6.42 Å². The van der Waals surface area contributed by atoms with Gasteiger partial charge in [0.25, 0.3) is 0 Å². The SMILES string of the molecule is NC[C@H]1CC2(CCC2)C(=O)O1. The molecule has 1 aliphatic carbocycles. The van der Waals surface area contributed by atoms with Crippen molar-refractivity contribution in [1.29, 1.82) is 0 Å². The van der Waals surface area contributed by atoms with Crippen LogP contribution in [0.2, 0.25) is 0 Å². The maximum atomic E-state index is 11.3. The Morgan fingerprint density at radius 1 is 1.64 bits per heavy atom. The van der Waals surface area contributed by atoms with Crippen molar-refractivity contribution in [3.05, 3.63) is 0 Å². The smallest absolute Gasteiger partial charge is 0.312 e. The summed E-state index contributed by atoms with van der Waals surface area (Å²) >= 11 is 0. The molecule has 0 unspecified atom stereocenters. The van der Waals surface area contributed by atoms with Crippen LogP contribution in [-0.2, 0) is 9.53 Å². The van der Waals surface area contributed by atoms with E-state index in [1.54, 1.807) is 0 Å². The van der Waals surface area contributed by atoms with Gasteiger partial charge >= 0.3 is 5.97 Å². The lowest BCUT2D eigenvalue weighted by Crippen LogP contribution is -2.33. The number of hydrogen-bond acceptors (Lipinski definition) is 3. The Balaban J connectivity index is 2.08. The maximum absolute atomic E-state index is 11.3. The molecule has 1 saturated heterocycles. The van der Waals surface area contributed by atoms with Crippen molar-refractivity contribution in [1.82, 2.24) is 0 Å². The Kier molecular flexibility index (Phi) is 1.42. The second-order valence-electron chi connectivity index (χ2n) is 3.60. The summed E-state index contributed by atoms with van der Waals surface area (Å²) in [5, 5.41) is 0. The van der Waals surface area contributed by atoms with Crippen LogP contribution in [0.25, 0.3) is 0 Å². The summed E-state index contributed by atoms with van der Waals surface area (Å²) in [6.07, 6.45) is 4.07. The topological polar surface area (TPSA) is 52.3 Å². The van der Waals surface area contributed by atoms with Crippen LogP contribution in [-0.4, -0.2) is 18.6 Å². The summed E-state index contributed by atoms with van der Waals surface area (Å²) in [7, 11) is 0. The molecule has 2 N–H and O–H groups in total. The molecule has 0 bridgehead atoms. The number of carbonyl (C=O) groups is 1. The first-order valence-electron chi connectivity index (χ1n) is 4.18. The van der Waals surface area contributed by atoms with E-state index in [1.807, 2.05) is 0 Å². The third-order valence-corrected chi connectivity index (χ3v) is 2.90. The average molecular weight is 155 g/mol. The number of ether oxygens (including phenoxy) is 1. The number of carbonyl (C=O) groups excluding carboxylic acids is 1. The number of cyclic esters (lactones) is 1. The van der Waals surface area contributed by atoms with Gasteiger partial charge in [-0.2, -0.15) is 0 Å². The Labute approximate surface area is 65.9 Å². The van der Waals surface area contributed by atoms with E-state index in [4.69, 9.17) is 10.5 Å². The standard InChI is InChI=1S/C8H13NO2/c9-5-6-4-8(2-1-3-8)7(10)11-6/h6H,1-5,9H2/t6-/m1/s1. The predicted octanol–water partition coefficient (Wildman–Crippen LogP) is 0.431. The third kappa shape index (κ3) is 0.872. The lowest BCUT2D eigenvalue weighted by atomic mass is 9.67.